The van der Waals surface area contributed by atoms with Gasteiger partial charge in [-0.15, -0.1) is 0 Å². The van der Waals surface area contributed by atoms with E-state index in [2.05, 4.69) is 34.4 Å². The molecule has 16 heavy (non-hydrogen) atoms. The van der Waals surface area contributed by atoms with Crippen LogP contribution in [0.15, 0.2) is 6.20 Å². The summed E-state index contributed by atoms with van der Waals surface area (Å²) in [6.07, 6.45) is 1.77. The van der Waals surface area contributed by atoms with E-state index in [1.54, 1.807) is 6.20 Å². The van der Waals surface area contributed by atoms with E-state index in [0.717, 1.165) is 18.1 Å². The van der Waals surface area contributed by atoms with E-state index >= 15 is 0 Å². The van der Waals surface area contributed by atoms with Crippen LogP contribution >= 0.6 is 0 Å². The van der Waals surface area contributed by atoms with Crippen LogP contribution in [0.25, 0.3) is 0 Å². The zero-order chi connectivity index (χ0) is 12.0. The molecule has 5 nitrogen and oxygen atoms in total. The molecule has 3 N–H and O–H groups in total. The lowest BCUT2D eigenvalue weighted by Gasteiger charge is -2.07. The minimum Gasteiger partial charge on any atom is -0.355 e. The summed E-state index contributed by atoms with van der Waals surface area (Å²) in [6, 6.07) is 0. The molecule has 0 aromatic carbocycles. The number of aromatic nitrogens is 2. The molecule has 0 aliphatic rings. The van der Waals surface area contributed by atoms with E-state index < -0.39 is 0 Å². The normalized spacial score (nSPS) is 10.8. The first-order chi connectivity index (χ1) is 7.58. The molecule has 1 rings (SSSR count). The third kappa shape index (κ3) is 4.93. The van der Waals surface area contributed by atoms with Crippen molar-refractivity contribution in [3.8, 4) is 0 Å². The predicted octanol–water partition coefficient (Wildman–Crippen LogP) is 0.580. The van der Waals surface area contributed by atoms with E-state index in [9.17, 15) is 4.79 Å². The minimum atomic E-state index is 0.0323. The summed E-state index contributed by atoms with van der Waals surface area (Å²) in [5.74, 6) is 1.41. The van der Waals surface area contributed by atoms with E-state index in [1.807, 2.05) is 6.92 Å². The smallest absolute Gasteiger partial charge is 0.233 e. The van der Waals surface area contributed by atoms with Gasteiger partial charge in [0.2, 0.25) is 5.91 Å². The number of amides is 1. The Kier molecular flexibility index (Phi) is 4.98. The molecular formula is C11H20N4O. The van der Waals surface area contributed by atoms with Crippen LogP contribution < -0.4 is 10.6 Å². The number of carbonyl (C=O) groups excluding carboxylic acids is 1. The summed E-state index contributed by atoms with van der Waals surface area (Å²) < 4.78 is 0. The number of carbonyl (C=O) groups is 1. The summed E-state index contributed by atoms with van der Waals surface area (Å²) in [5.41, 5.74) is 0.995. The number of nitrogens with zero attached hydrogens (tertiary/aromatic N) is 1. The van der Waals surface area contributed by atoms with Gasteiger partial charge in [0, 0.05) is 25.0 Å². The van der Waals surface area contributed by atoms with Crippen LogP contribution in [0.4, 0.5) is 0 Å². The molecule has 1 aromatic rings. The molecule has 0 aliphatic carbocycles. The number of nitrogens with one attached hydrogen (secondary N) is 3. The molecule has 0 spiro atoms. The van der Waals surface area contributed by atoms with Gasteiger partial charge in [0.25, 0.3) is 0 Å². The lowest BCUT2D eigenvalue weighted by Crippen LogP contribution is -2.35. The lowest BCUT2D eigenvalue weighted by molar-refractivity contribution is -0.120. The molecule has 0 aliphatic heterocycles. The maximum atomic E-state index is 11.3. The fraction of sp³-hybridized carbons (Fsp3) is 0.636. The zero-order valence-electron chi connectivity index (χ0n) is 10.1. The second-order valence-electron chi connectivity index (χ2n) is 4.30. The van der Waals surface area contributed by atoms with Gasteiger partial charge in [-0.1, -0.05) is 13.8 Å². The van der Waals surface area contributed by atoms with Crippen molar-refractivity contribution >= 4 is 5.91 Å². The van der Waals surface area contributed by atoms with E-state index in [0.29, 0.717) is 19.0 Å². The Morgan fingerprint density at radius 3 is 2.88 bits per heavy atom. The highest BCUT2D eigenvalue weighted by molar-refractivity contribution is 5.77. The molecule has 0 bridgehead atoms. The molecule has 0 saturated heterocycles. The van der Waals surface area contributed by atoms with Crippen LogP contribution in [-0.2, 0) is 11.3 Å². The molecule has 0 saturated carbocycles. The highest BCUT2D eigenvalue weighted by Crippen LogP contribution is 1.94. The second-order valence-corrected chi connectivity index (χ2v) is 4.30. The standard InChI is InChI=1S/C11H20N4O/c1-8(2)4-14-11(16)7-12-5-10-6-13-9(3)15-10/h6,8,12H,4-5,7H2,1-3H3,(H,13,15)(H,14,16). The Bertz CT molecular complexity index is 332. The molecule has 0 unspecified atom stereocenters. The summed E-state index contributed by atoms with van der Waals surface area (Å²) in [4.78, 5) is 18.5. The largest absolute Gasteiger partial charge is 0.355 e. The van der Waals surface area contributed by atoms with E-state index in [-0.39, 0.29) is 5.91 Å². The quantitative estimate of drug-likeness (QED) is 0.662. The van der Waals surface area contributed by atoms with Gasteiger partial charge in [0.15, 0.2) is 0 Å². The number of imidazole rings is 1. The molecule has 0 fully saturated rings. The minimum absolute atomic E-state index is 0.0323. The van der Waals surface area contributed by atoms with Crippen molar-refractivity contribution in [3.63, 3.8) is 0 Å². The van der Waals surface area contributed by atoms with Gasteiger partial charge in [-0.25, -0.2) is 4.98 Å². The van der Waals surface area contributed by atoms with Crippen LogP contribution in [-0.4, -0.2) is 29.0 Å². The Labute approximate surface area is 96.0 Å². The van der Waals surface area contributed by atoms with Gasteiger partial charge in [-0.05, 0) is 12.8 Å². The monoisotopic (exact) mass is 224 g/mol. The summed E-state index contributed by atoms with van der Waals surface area (Å²) in [6.45, 7) is 7.74. The molecule has 1 amide bonds. The van der Waals surface area contributed by atoms with Gasteiger partial charge >= 0.3 is 0 Å². The SMILES string of the molecule is Cc1ncc(CNCC(=O)NCC(C)C)[nH]1. The van der Waals surface area contributed by atoms with Crippen molar-refractivity contribution in [1.82, 2.24) is 20.6 Å². The van der Waals surface area contributed by atoms with Crippen LogP contribution in [0.1, 0.15) is 25.4 Å². The number of aryl methyl sites for hydroxylation is 1. The van der Waals surface area contributed by atoms with Crippen LogP contribution in [0.3, 0.4) is 0 Å². The fourth-order valence-electron chi connectivity index (χ4n) is 1.25. The molecule has 0 radical (unpaired) electrons. The molecule has 5 heteroatoms. The van der Waals surface area contributed by atoms with Crippen LogP contribution in [0, 0.1) is 12.8 Å². The van der Waals surface area contributed by atoms with Crippen molar-refractivity contribution in [2.24, 2.45) is 5.92 Å². The summed E-state index contributed by atoms with van der Waals surface area (Å²) in [5, 5.41) is 5.90. The molecule has 1 aromatic heterocycles. The lowest BCUT2D eigenvalue weighted by atomic mass is 10.2. The Morgan fingerprint density at radius 2 is 2.31 bits per heavy atom. The summed E-state index contributed by atoms with van der Waals surface area (Å²) >= 11 is 0. The Morgan fingerprint density at radius 1 is 1.56 bits per heavy atom. The fourth-order valence-corrected chi connectivity index (χ4v) is 1.25. The third-order valence-electron chi connectivity index (χ3n) is 2.06. The molecular weight excluding hydrogens is 204 g/mol. The average Bonchev–Trinajstić information content (AvgIpc) is 2.61. The van der Waals surface area contributed by atoms with Crippen LogP contribution in [0.2, 0.25) is 0 Å². The van der Waals surface area contributed by atoms with Gasteiger partial charge in [-0.2, -0.15) is 0 Å². The topological polar surface area (TPSA) is 69.8 Å². The van der Waals surface area contributed by atoms with Crippen molar-refractivity contribution in [2.45, 2.75) is 27.3 Å². The number of H-pyrrole nitrogens is 1. The first-order valence-electron chi connectivity index (χ1n) is 5.56. The van der Waals surface area contributed by atoms with Gasteiger partial charge in [-0.3, -0.25) is 4.79 Å². The number of hydrogen-bond donors (Lipinski definition) is 3. The number of rotatable bonds is 6. The molecule has 90 valence electrons. The van der Waals surface area contributed by atoms with Gasteiger partial charge < -0.3 is 15.6 Å². The number of hydrogen-bond acceptors (Lipinski definition) is 3. The second kappa shape index (κ2) is 6.27. The van der Waals surface area contributed by atoms with Crippen molar-refractivity contribution in [1.29, 1.82) is 0 Å². The predicted molar refractivity (Wildman–Crippen MR) is 62.9 cm³/mol. The zero-order valence-corrected chi connectivity index (χ0v) is 10.1. The van der Waals surface area contributed by atoms with Crippen molar-refractivity contribution in [3.05, 3.63) is 17.7 Å². The van der Waals surface area contributed by atoms with E-state index in [1.165, 1.54) is 0 Å². The highest BCUT2D eigenvalue weighted by Gasteiger charge is 2.02. The van der Waals surface area contributed by atoms with Gasteiger partial charge in [0.1, 0.15) is 5.82 Å². The number of aromatic amines is 1. The first kappa shape index (κ1) is 12.7. The van der Waals surface area contributed by atoms with Crippen molar-refractivity contribution in [2.75, 3.05) is 13.1 Å². The third-order valence-corrected chi connectivity index (χ3v) is 2.06. The Hall–Kier alpha value is -1.36. The first-order valence-corrected chi connectivity index (χ1v) is 5.56. The van der Waals surface area contributed by atoms with Crippen LogP contribution in [0.5, 0.6) is 0 Å². The highest BCUT2D eigenvalue weighted by atomic mass is 16.1. The Balaban J connectivity index is 2.13. The molecule has 0 atom stereocenters. The average molecular weight is 224 g/mol. The van der Waals surface area contributed by atoms with E-state index in [4.69, 9.17) is 0 Å². The van der Waals surface area contributed by atoms with Crippen molar-refractivity contribution < 1.29 is 4.79 Å². The summed E-state index contributed by atoms with van der Waals surface area (Å²) in [7, 11) is 0. The maximum absolute atomic E-state index is 11.3. The van der Waals surface area contributed by atoms with Gasteiger partial charge in [0.05, 0.1) is 6.54 Å². The molecule has 1 heterocycles. The maximum Gasteiger partial charge on any atom is 0.233 e.